The summed E-state index contributed by atoms with van der Waals surface area (Å²) in [5, 5.41) is 21.1. The van der Waals surface area contributed by atoms with Gasteiger partial charge in [-0.15, -0.1) is 0 Å². The molecular formula is C39H42N4O6. The Kier molecular flexibility index (Phi) is 11.4. The molecule has 2 amide bonds. The summed E-state index contributed by atoms with van der Waals surface area (Å²) in [6.45, 7) is 1.06. The van der Waals surface area contributed by atoms with E-state index in [2.05, 4.69) is 39.1 Å². The molecule has 0 bridgehead atoms. The van der Waals surface area contributed by atoms with Crippen LogP contribution in [0.4, 0.5) is 0 Å². The normalized spacial score (nSPS) is 17.6. The van der Waals surface area contributed by atoms with Crippen molar-refractivity contribution in [3.05, 3.63) is 126 Å². The number of hydrogen-bond donors (Lipinski definition) is 4. The minimum Gasteiger partial charge on any atom is -0.392 e. The van der Waals surface area contributed by atoms with E-state index in [1.54, 1.807) is 5.48 Å². The maximum atomic E-state index is 12.4. The van der Waals surface area contributed by atoms with Crippen LogP contribution < -0.4 is 10.8 Å². The molecule has 5 aromatic rings. The number of aromatic nitrogens is 2. The molecule has 1 aliphatic heterocycles. The van der Waals surface area contributed by atoms with Crippen molar-refractivity contribution in [2.45, 2.75) is 76.7 Å². The highest BCUT2D eigenvalue weighted by Gasteiger charge is 2.32. The van der Waals surface area contributed by atoms with Gasteiger partial charge in [-0.1, -0.05) is 85.3 Å². The number of nitrogens with one attached hydrogen (secondary N) is 2. The van der Waals surface area contributed by atoms with Gasteiger partial charge in [0, 0.05) is 31.4 Å². The van der Waals surface area contributed by atoms with E-state index >= 15 is 0 Å². The van der Waals surface area contributed by atoms with Crippen molar-refractivity contribution in [1.82, 2.24) is 20.3 Å². The van der Waals surface area contributed by atoms with Gasteiger partial charge in [0.25, 0.3) is 0 Å². The van der Waals surface area contributed by atoms with Crippen LogP contribution in [0.5, 0.6) is 0 Å². The van der Waals surface area contributed by atoms with Crippen molar-refractivity contribution < 1.29 is 29.4 Å². The van der Waals surface area contributed by atoms with E-state index in [0.29, 0.717) is 38.8 Å². The average molecular weight is 663 g/mol. The van der Waals surface area contributed by atoms with Crippen LogP contribution in [-0.4, -0.2) is 37.8 Å². The summed E-state index contributed by atoms with van der Waals surface area (Å²) in [4.78, 5) is 28.0. The number of fused-ring (bicyclic) bond motifs is 1. The third-order valence-electron chi connectivity index (χ3n) is 8.91. The molecule has 10 heteroatoms. The van der Waals surface area contributed by atoms with Gasteiger partial charge in [0.15, 0.2) is 6.29 Å². The maximum Gasteiger partial charge on any atom is 0.243 e. The van der Waals surface area contributed by atoms with Gasteiger partial charge in [-0.3, -0.25) is 14.8 Å². The molecule has 3 atom stereocenters. The monoisotopic (exact) mass is 662 g/mol. The van der Waals surface area contributed by atoms with E-state index in [1.165, 1.54) is 0 Å². The van der Waals surface area contributed by atoms with Crippen molar-refractivity contribution in [3.8, 4) is 11.1 Å². The number of hydroxylamine groups is 1. The van der Waals surface area contributed by atoms with Crippen LogP contribution in [0.25, 0.3) is 22.2 Å². The number of carbonyl (C=O) groups excluding carboxylic acids is 2. The molecule has 0 saturated carbocycles. The Morgan fingerprint density at radius 3 is 2.33 bits per heavy atom. The smallest absolute Gasteiger partial charge is 0.243 e. The SMILES string of the molecule is O=C(CCCCCC(=O)NCc1cccc(-c2ccc(C3OC(Cn4cnc5ccccc54)CC(c4ccc(CO)cc4)O3)cc2)c1)NO. The zero-order valence-corrected chi connectivity index (χ0v) is 27.3. The number of ether oxygens (including phenoxy) is 2. The molecule has 2 heterocycles. The van der Waals surface area contributed by atoms with Gasteiger partial charge in [-0.2, -0.15) is 0 Å². The predicted octanol–water partition coefficient (Wildman–Crippen LogP) is 6.51. The lowest BCUT2D eigenvalue weighted by molar-refractivity contribution is -0.252. The summed E-state index contributed by atoms with van der Waals surface area (Å²) in [7, 11) is 0. The molecule has 4 aromatic carbocycles. The fraction of sp³-hybridized carbons (Fsp3) is 0.308. The van der Waals surface area contributed by atoms with Crippen LogP contribution >= 0.6 is 0 Å². The molecule has 254 valence electrons. The minimum absolute atomic E-state index is 0.00568. The third kappa shape index (κ3) is 8.98. The highest BCUT2D eigenvalue weighted by Crippen LogP contribution is 2.39. The second-order valence-electron chi connectivity index (χ2n) is 12.4. The molecule has 3 unspecified atom stereocenters. The quantitative estimate of drug-likeness (QED) is 0.0605. The van der Waals surface area contributed by atoms with Gasteiger partial charge in [0.1, 0.15) is 0 Å². The van der Waals surface area contributed by atoms with Gasteiger partial charge < -0.3 is 24.5 Å². The summed E-state index contributed by atoms with van der Waals surface area (Å²) >= 11 is 0. The first-order valence-electron chi connectivity index (χ1n) is 16.8. The number of nitrogens with zero attached hydrogens (tertiary/aromatic N) is 2. The molecule has 0 radical (unpaired) electrons. The van der Waals surface area contributed by atoms with Crippen molar-refractivity contribution in [1.29, 1.82) is 0 Å². The number of benzene rings is 4. The second kappa shape index (κ2) is 16.5. The average Bonchev–Trinajstić information content (AvgIpc) is 3.56. The van der Waals surface area contributed by atoms with Gasteiger partial charge in [0.05, 0.1) is 42.7 Å². The molecule has 10 nitrogen and oxygen atoms in total. The van der Waals surface area contributed by atoms with Crippen LogP contribution in [0, 0.1) is 0 Å². The second-order valence-corrected chi connectivity index (χ2v) is 12.4. The van der Waals surface area contributed by atoms with Crippen LogP contribution in [-0.2, 0) is 38.8 Å². The summed E-state index contributed by atoms with van der Waals surface area (Å²) in [5.41, 5.74) is 9.52. The number of rotatable bonds is 14. The highest BCUT2D eigenvalue weighted by atomic mass is 16.7. The van der Waals surface area contributed by atoms with Gasteiger partial charge in [0.2, 0.25) is 11.8 Å². The largest absolute Gasteiger partial charge is 0.392 e. The molecule has 6 rings (SSSR count). The molecule has 0 spiro atoms. The fourth-order valence-electron chi connectivity index (χ4n) is 6.19. The van der Waals surface area contributed by atoms with E-state index in [-0.39, 0.29) is 31.1 Å². The number of amides is 2. The summed E-state index contributed by atoms with van der Waals surface area (Å²) in [6.07, 6.45) is 4.34. The Morgan fingerprint density at radius 2 is 1.55 bits per heavy atom. The molecule has 1 saturated heterocycles. The van der Waals surface area contributed by atoms with Gasteiger partial charge >= 0.3 is 0 Å². The number of unbranched alkanes of at least 4 members (excludes halogenated alkanes) is 2. The van der Waals surface area contributed by atoms with Crippen molar-refractivity contribution in [3.63, 3.8) is 0 Å². The summed E-state index contributed by atoms with van der Waals surface area (Å²) in [5.74, 6) is -0.440. The Bertz CT molecular complexity index is 1840. The summed E-state index contributed by atoms with van der Waals surface area (Å²) < 4.78 is 15.3. The van der Waals surface area contributed by atoms with Crippen molar-refractivity contribution in [2.24, 2.45) is 0 Å². The first-order chi connectivity index (χ1) is 24.0. The molecule has 49 heavy (non-hydrogen) atoms. The van der Waals surface area contributed by atoms with E-state index in [4.69, 9.17) is 14.7 Å². The molecular weight excluding hydrogens is 620 g/mol. The zero-order valence-electron chi connectivity index (χ0n) is 27.3. The number of carbonyl (C=O) groups is 2. The standard InChI is InChI=1S/C39H42N4O6/c44-25-27-13-15-30(16-14-27)36-22-33(24-43-26-41-34-9-4-5-10-35(34)43)48-39(49-36)31-19-17-29(18-20-31)32-8-6-7-28(21-32)23-40-37(45)11-2-1-3-12-38(46)42-47/h4-10,13-21,26,33,36,39,44,47H,1-3,11-12,22-25H2,(H,40,45)(H,42,46). The topological polar surface area (TPSA) is 135 Å². The number of hydrogen-bond acceptors (Lipinski definition) is 7. The minimum atomic E-state index is -0.571. The molecule has 1 aliphatic rings. The molecule has 1 fully saturated rings. The molecule has 0 aliphatic carbocycles. The van der Waals surface area contributed by atoms with Crippen molar-refractivity contribution in [2.75, 3.05) is 0 Å². The van der Waals surface area contributed by atoms with E-state index < -0.39 is 12.2 Å². The fourth-order valence-corrected chi connectivity index (χ4v) is 6.19. The Labute approximate surface area is 285 Å². The maximum absolute atomic E-state index is 12.4. The lowest BCUT2D eigenvalue weighted by Gasteiger charge is -2.36. The van der Waals surface area contributed by atoms with Crippen LogP contribution in [0.1, 0.15) is 73.2 Å². The first kappa shape index (κ1) is 34.0. The van der Waals surface area contributed by atoms with Crippen LogP contribution in [0.15, 0.2) is 103 Å². The molecule has 4 N–H and O–H groups in total. The van der Waals surface area contributed by atoms with E-state index in [1.807, 2.05) is 79.1 Å². The van der Waals surface area contributed by atoms with Crippen molar-refractivity contribution >= 4 is 22.8 Å². The summed E-state index contributed by atoms with van der Waals surface area (Å²) in [6, 6.07) is 32.3. The van der Waals surface area contributed by atoms with E-state index in [0.717, 1.165) is 50.8 Å². The Morgan fingerprint density at radius 1 is 0.796 bits per heavy atom. The van der Waals surface area contributed by atoms with Crippen LogP contribution in [0.3, 0.4) is 0 Å². The first-order valence-corrected chi connectivity index (χ1v) is 16.8. The molecule has 1 aromatic heterocycles. The number of aliphatic hydroxyl groups is 1. The zero-order chi connectivity index (χ0) is 34.0. The Balaban J connectivity index is 1.11. The lowest BCUT2D eigenvalue weighted by atomic mass is 9.99. The number of para-hydroxylation sites is 2. The van der Waals surface area contributed by atoms with Crippen LogP contribution in [0.2, 0.25) is 0 Å². The predicted molar refractivity (Wildman–Crippen MR) is 185 cm³/mol. The highest BCUT2D eigenvalue weighted by molar-refractivity contribution is 5.76. The van der Waals surface area contributed by atoms with E-state index in [9.17, 15) is 14.7 Å². The van der Waals surface area contributed by atoms with Gasteiger partial charge in [-0.05, 0) is 58.9 Å². The third-order valence-corrected chi connectivity index (χ3v) is 8.91. The number of imidazole rings is 1. The lowest BCUT2D eigenvalue weighted by Crippen LogP contribution is -2.32. The Hall–Kier alpha value is -4.87. The van der Waals surface area contributed by atoms with Gasteiger partial charge in [-0.25, -0.2) is 10.5 Å². The number of aliphatic hydroxyl groups excluding tert-OH is 1.